The fourth-order valence-electron chi connectivity index (χ4n) is 2.51. The van der Waals surface area contributed by atoms with E-state index in [0.29, 0.717) is 17.1 Å². The first-order valence-corrected chi connectivity index (χ1v) is 10.4. The van der Waals surface area contributed by atoms with Crippen molar-refractivity contribution in [2.75, 3.05) is 11.8 Å². The summed E-state index contributed by atoms with van der Waals surface area (Å²) in [6.07, 6.45) is 0.976. The molecule has 1 aromatic heterocycles. The van der Waals surface area contributed by atoms with Crippen LogP contribution in [-0.2, 0) is 16.6 Å². The highest BCUT2D eigenvalue weighted by atomic mass is 32.2. The van der Waals surface area contributed by atoms with Crippen molar-refractivity contribution >= 4 is 38.8 Å². The van der Waals surface area contributed by atoms with E-state index in [9.17, 15) is 18.0 Å². The Kier molecular flexibility index (Phi) is 5.17. The molecule has 0 atom stereocenters. The van der Waals surface area contributed by atoms with Gasteiger partial charge in [0, 0.05) is 30.6 Å². The predicted molar refractivity (Wildman–Crippen MR) is 102 cm³/mol. The highest BCUT2D eigenvalue weighted by Crippen LogP contribution is 2.41. The molecule has 1 aliphatic heterocycles. The number of thiazole rings is 1. The zero-order valence-corrected chi connectivity index (χ0v) is 16.9. The number of fused-ring (bicyclic) bond motifs is 1. The minimum Gasteiger partial charge on any atom is -0.483 e. The lowest BCUT2D eigenvalue weighted by Gasteiger charge is -2.19. The van der Waals surface area contributed by atoms with Gasteiger partial charge in [-0.05, 0) is 19.9 Å². The van der Waals surface area contributed by atoms with Crippen molar-refractivity contribution in [2.45, 2.75) is 25.9 Å². The van der Waals surface area contributed by atoms with Crippen LogP contribution in [0.3, 0.4) is 0 Å². The molecule has 28 heavy (non-hydrogen) atoms. The van der Waals surface area contributed by atoms with Crippen LogP contribution in [0.2, 0.25) is 0 Å². The molecule has 10 nitrogen and oxygen atoms in total. The SMILES string of the molecule is CN(C(=O)NS(=O)(=O)Nc1nccs1)C(=O)Oc1cccc2c1OC(C)(C)C2. The van der Waals surface area contributed by atoms with Crippen molar-refractivity contribution in [3.8, 4) is 11.5 Å². The Hall–Kier alpha value is -2.86. The molecule has 3 rings (SSSR count). The number of nitrogens with one attached hydrogen (secondary N) is 2. The van der Waals surface area contributed by atoms with E-state index in [4.69, 9.17) is 9.47 Å². The van der Waals surface area contributed by atoms with E-state index in [1.807, 2.05) is 19.9 Å². The van der Waals surface area contributed by atoms with Crippen molar-refractivity contribution in [2.24, 2.45) is 0 Å². The maximum absolute atomic E-state index is 12.3. The van der Waals surface area contributed by atoms with Crippen molar-refractivity contribution in [3.63, 3.8) is 0 Å². The summed E-state index contributed by atoms with van der Waals surface area (Å²) in [7, 11) is -3.17. The summed E-state index contributed by atoms with van der Waals surface area (Å²) in [4.78, 5) is 28.6. The number of carbonyl (C=O) groups is 2. The fourth-order valence-corrected chi connectivity index (χ4v) is 4.11. The number of amides is 3. The van der Waals surface area contributed by atoms with E-state index in [1.165, 1.54) is 12.3 Å². The highest BCUT2D eigenvalue weighted by Gasteiger charge is 2.33. The number of imide groups is 1. The molecule has 0 aliphatic carbocycles. The average molecular weight is 426 g/mol. The van der Waals surface area contributed by atoms with E-state index < -0.39 is 27.9 Å². The van der Waals surface area contributed by atoms with Gasteiger partial charge in [-0.1, -0.05) is 12.1 Å². The molecule has 3 amide bonds. The number of ether oxygens (including phenoxy) is 2. The lowest BCUT2D eigenvalue weighted by atomic mass is 10.0. The van der Waals surface area contributed by atoms with Crippen LogP contribution < -0.4 is 18.9 Å². The van der Waals surface area contributed by atoms with E-state index in [2.05, 4.69) is 9.71 Å². The van der Waals surface area contributed by atoms with Crippen molar-refractivity contribution in [3.05, 3.63) is 35.3 Å². The van der Waals surface area contributed by atoms with Gasteiger partial charge in [-0.3, -0.25) is 0 Å². The number of aromatic nitrogens is 1. The standard InChI is InChI=1S/C16H18N4O6S2/c1-16(2)9-10-5-4-6-11(12(10)26-16)25-15(22)20(3)14(21)19-28(23,24)18-13-17-7-8-27-13/h4-8H,9H2,1-3H3,(H,17,18)(H,19,21). The second-order valence-electron chi connectivity index (χ2n) is 6.56. The van der Waals surface area contributed by atoms with Gasteiger partial charge in [0.25, 0.3) is 0 Å². The molecule has 2 N–H and O–H groups in total. The average Bonchev–Trinajstić information content (AvgIpc) is 3.19. The zero-order valence-electron chi connectivity index (χ0n) is 15.3. The van der Waals surface area contributed by atoms with Gasteiger partial charge in [-0.15, -0.1) is 11.3 Å². The number of hydrogen-bond donors (Lipinski definition) is 2. The number of urea groups is 1. The maximum atomic E-state index is 12.3. The molecule has 12 heteroatoms. The van der Waals surface area contributed by atoms with Crippen LogP contribution >= 0.6 is 11.3 Å². The first-order chi connectivity index (χ1) is 13.1. The monoisotopic (exact) mass is 426 g/mol. The Balaban J connectivity index is 1.65. The molecular formula is C16H18N4O6S2. The van der Waals surface area contributed by atoms with Crippen molar-refractivity contribution in [1.82, 2.24) is 14.6 Å². The van der Waals surface area contributed by atoms with Crippen LogP contribution in [0, 0.1) is 0 Å². The van der Waals surface area contributed by atoms with E-state index in [-0.39, 0.29) is 10.9 Å². The second kappa shape index (κ2) is 7.28. The lowest BCUT2D eigenvalue weighted by molar-refractivity contribution is 0.129. The molecule has 2 aromatic rings. The first kappa shape index (κ1) is 19.9. The molecule has 0 fully saturated rings. The number of nitrogens with zero attached hydrogens (tertiary/aromatic N) is 2. The highest BCUT2D eigenvalue weighted by molar-refractivity contribution is 7.91. The van der Waals surface area contributed by atoms with Crippen LogP contribution in [0.4, 0.5) is 14.7 Å². The third-order valence-electron chi connectivity index (χ3n) is 3.71. The molecule has 0 radical (unpaired) electrons. The quantitative estimate of drug-likeness (QED) is 0.768. The third-order valence-corrected chi connectivity index (χ3v) is 5.43. The molecule has 0 bridgehead atoms. The summed E-state index contributed by atoms with van der Waals surface area (Å²) in [6.45, 7) is 3.80. The summed E-state index contributed by atoms with van der Waals surface area (Å²) in [5.74, 6) is 0.573. The molecule has 0 saturated heterocycles. The van der Waals surface area contributed by atoms with Gasteiger partial charge >= 0.3 is 22.3 Å². The molecule has 2 heterocycles. The molecule has 0 saturated carbocycles. The topological polar surface area (TPSA) is 127 Å². The molecule has 1 aromatic carbocycles. The van der Waals surface area contributed by atoms with Crippen LogP contribution in [0.1, 0.15) is 19.4 Å². The van der Waals surface area contributed by atoms with Crippen LogP contribution in [0.5, 0.6) is 11.5 Å². The minimum atomic E-state index is -4.26. The molecule has 0 spiro atoms. The van der Waals surface area contributed by atoms with E-state index in [1.54, 1.807) is 16.2 Å². The second-order valence-corrected chi connectivity index (χ2v) is 8.87. The third kappa shape index (κ3) is 4.51. The lowest BCUT2D eigenvalue weighted by Crippen LogP contribution is -2.46. The summed E-state index contributed by atoms with van der Waals surface area (Å²) >= 11 is 1.03. The Labute approximate surface area is 165 Å². The Morgan fingerprint density at radius 3 is 2.79 bits per heavy atom. The maximum Gasteiger partial charge on any atom is 0.423 e. The number of anilines is 1. The Morgan fingerprint density at radius 2 is 2.11 bits per heavy atom. The van der Waals surface area contributed by atoms with Crippen LogP contribution in [0.25, 0.3) is 0 Å². The summed E-state index contributed by atoms with van der Waals surface area (Å²) < 4.78 is 38.7. The van der Waals surface area contributed by atoms with E-state index in [0.717, 1.165) is 23.9 Å². The van der Waals surface area contributed by atoms with Crippen LogP contribution in [0.15, 0.2) is 29.8 Å². The minimum absolute atomic E-state index is 0.0742. The smallest absolute Gasteiger partial charge is 0.423 e. The largest absolute Gasteiger partial charge is 0.483 e. The predicted octanol–water partition coefficient (Wildman–Crippen LogP) is 2.35. The fraction of sp³-hybridized carbons (Fsp3) is 0.312. The molecular weight excluding hydrogens is 408 g/mol. The van der Waals surface area contributed by atoms with Gasteiger partial charge in [0.05, 0.1) is 0 Å². The number of rotatable bonds is 4. The van der Waals surface area contributed by atoms with E-state index >= 15 is 0 Å². The van der Waals surface area contributed by atoms with Gasteiger partial charge < -0.3 is 9.47 Å². The first-order valence-electron chi connectivity index (χ1n) is 8.07. The van der Waals surface area contributed by atoms with Gasteiger partial charge in [0.2, 0.25) is 0 Å². The number of para-hydroxylation sites is 1. The molecule has 150 valence electrons. The van der Waals surface area contributed by atoms with Crippen LogP contribution in [-0.4, -0.2) is 43.1 Å². The summed E-state index contributed by atoms with van der Waals surface area (Å²) in [6, 6.07) is 3.90. The van der Waals surface area contributed by atoms with Crippen molar-refractivity contribution < 1.29 is 27.5 Å². The number of carbonyl (C=O) groups excluding carboxylic acids is 2. The van der Waals surface area contributed by atoms with Gasteiger partial charge in [0.15, 0.2) is 16.6 Å². The zero-order chi connectivity index (χ0) is 20.5. The number of hydrogen-bond acceptors (Lipinski definition) is 8. The van der Waals surface area contributed by atoms with Gasteiger partial charge in [-0.25, -0.2) is 28.9 Å². The van der Waals surface area contributed by atoms with Gasteiger partial charge in [0.1, 0.15) is 5.60 Å². The molecule has 0 unspecified atom stereocenters. The Bertz CT molecular complexity index is 1000. The van der Waals surface area contributed by atoms with Crippen molar-refractivity contribution in [1.29, 1.82) is 0 Å². The summed E-state index contributed by atoms with van der Waals surface area (Å²) in [5.41, 5.74) is 0.432. The summed E-state index contributed by atoms with van der Waals surface area (Å²) in [5, 5.41) is 1.63. The number of benzene rings is 1. The van der Waals surface area contributed by atoms with Gasteiger partial charge in [-0.2, -0.15) is 8.42 Å². The Morgan fingerprint density at radius 1 is 1.36 bits per heavy atom. The molecule has 1 aliphatic rings. The normalized spacial score (nSPS) is 14.5.